The molecule has 130 valence electrons. The van der Waals surface area contributed by atoms with Crippen molar-refractivity contribution < 1.29 is 13.5 Å². The van der Waals surface area contributed by atoms with Gasteiger partial charge < -0.3 is 5.11 Å². The van der Waals surface area contributed by atoms with Crippen LogP contribution in [0.4, 0.5) is 0 Å². The van der Waals surface area contributed by atoms with Crippen molar-refractivity contribution in [1.29, 1.82) is 0 Å². The van der Waals surface area contributed by atoms with Gasteiger partial charge in [-0.05, 0) is 44.2 Å². The van der Waals surface area contributed by atoms with Gasteiger partial charge in [0.25, 0.3) is 0 Å². The molecule has 0 saturated heterocycles. The third-order valence-electron chi connectivity index (χ3n) is 3.79. The summed E-state index contributed by atoms with van der Waals surface area (Å²) in [6.07, 6.45) is 1.79. The van der Waals surface area contributed by atoms with Crippen molar-refractivity contribution in [2.24, 2.45) is 5.41 Å². The van der Waals surface area contributed by atoms with Gasteiger partial charge in [-0.25, -0.2) is 13.1 Å². The molecule has 1 aromatic rings. The first-order valence-electron chi connectivity index (χ1n) is 7.77. The molecule has 0 amide bonds. The Hall–Kier alpha value is -1.17. The Bertz CT molecular complexity index is 674. The molecule has 0 fully saturated rings. The van der Waals surface area contributed by atoms with Gasteiger partial charge in [-0.3, -0.25) is 0 Å². The Balaban J connectivity index is 3.33. The smallest absolute Gasteiger partial charge is 0.241 e. The van der Waals surface area contributed by atoms with Gasteiger partial charge >= 0.3 is 0 Å². The first-order chi connectivity index (χ1) is 10.4. The van der Waals surface area contributed by atoms with Crippen molar-refractivity contribution in [2.75, 3.05) is 6.61 Å². The van der Waals surface area contributed by atoms with Gasteiger partial charge in [-0.1, -0.05) is 50.1 Å². The summed E-state index contributed by atoms with van der Waals surface area (Å²) < 4.78 is 28.6. The van der Waals surface area contributed by atoms with Crippen molar-refractivity contribution in [3.63, 3.8) is 0 Å². The van der Waals surface area contributed by atoms with Crippen LogP contribution in [0.2, 0.25) is 0 Å². The zero-order valence-electron chi connectivity index (χ0n) is 15.2. The number of nitrogens with one attached hydrogen (secondary N) is 1. The van der Waals surface area contributed by atoms with Crippen LogP contribution in [-0.2, 0) is 10.0 Å². The fourth-order valence-electron chi connectivity index (χ4n) is 2.61. The lowest BCUT2D eigenvalue weighted by Gasteiger charge is -2.30. The van der Waals surface area contributed by atoms with Crippen molar-refractivity contribution >= 4 is 10.0 Å². The highest BCUT2D eigenvalue weighted by Crippen LogP contribution is 2.26. The van der Waals surface area contributed by atoms with Gasteiger partial charge in [0.05, 0.1) is 11.5 Å². The molecule has 0 radical (unpaired) electrons. The van der Waals surface area contributed by atoms with E-state index in [4.69, 9.17) is 0 Å². The Labute approximate surface area is 140 Å². The van der Waals surface area contributed by atoms with Crippen LogP contribution >= 0.6 is 0 Å². The minimum Gasteiger partial charge on any atom is -0.392 e. The van der Waals surface area contributed by atoms with Gasteiger partial charge in [-0.15, -0.1) is 0 Å². The molecule has 1 atom stereocenters. The average Bonchev–Trinajstić information content (AvgIpc) is 2.34. The molecule has 5 heteroatoms. The minimum atomic E-state index is -3.65. The summed E-state index contributed by atoms with van der Waals surface area (Å²) in [5.41, 5.74) is 2.96. The van der Waals surface area contributed by atoms with Crippen molar-refractivity contribution in [3.05, 3.63) is 40.5 Å². The number of aryl methyl sites for hydroxylation is 3. The summed E-state index contributed by atoms with van der Waals surface area (Å²) in [6.45, 7) is 13.2. The second-order valence-electron chi connectivity index (χ2n) is 7.36. The van der Waals surface area contributed by atoms with Crippen LogP contribution in [0, 0.1) is 26.2 Å². The normalized spacial score (nSPS) is 14.9. The Morgan fingerprint density at radius 3 is 2.09 bits per heavy atom. The van der Waals surface area contributed by atoms with E-state index in [-0.39, 0.29) is 12.0 Å². The van der Waals surface area contributed by atoms with E-state index in [1.165, 1.54) is 0 Å². The van der Waals surface area contributed by atoms with Crippen LogP contribution < -0.4 is 4.72 Å². The molecule has 0 heterocycles. The number of rotatable bonds is 5. The predicted octanol–water partition coefficient (Wildman–Crippen LogP) is 3.24. The van der Waals surface area contributed by atoms with Crippen LogP contribution in [0.1, 0.15) is 44.4 Å². The molecule has 0 saturated carbocycles. The number of hydrogen-bond acceptors (Lipinski definition) is 3. The second-order valence-corrected chi connectivity index (χ2v) is 9.01. The highest BCUT2D eigenvalue weighted by atomic mass is 32.2. The van der Waals surface area contributed by atoms with Gasteiger partial charge in [0.15, 0.2) is 0 Å². The quantitative estimate of drug-likeness (QED) is 0.809. The molecule has 0 aromatic heterocycles. The van der Waals surface area contributed by atoms with Gasteiger partial charge in [0, 0.05) is 6.04 Å². The zero-order chi connectivity index (χ0) is 18.0. The summed E-state index contributed by atoms with van der Waals surface area (Å²) in [7, 11) is -3.65. The maximum absolute atomic E-state index is 12.9. The number of aliphatic hydroxyl groups excluding tert-OH is 1. The lowest BCUT2D eigenvalue weighted by atomic mass is 9.86. The third kappa shape index (κ3) is 5.16. The van der Waals surface area contributed by atoms with Crippen molar-refractivity contribution in [2.45, 2.75) is 59.4 Å². The molecular weight excluding hydrogens is 310 g/mol. The molecule has 0 bridgehead atoms. The molecule has 0 aliphatic carbocycles. The topological polar surface area (TPSA) is 66.4 Å². The minimum absolute atomic E-state index is 0.0864. The lowest BCUT2D eigenvalue weighted by molar-refractivity contribution is 0.320. The molecule has 0 unspecified atom stereocenters. The van der Waals surface area contributed by atoms with Crippen molar-refractivity contribution in [3.8, 4) is 0 Å². The summed E-state index contributed by atoms with van der Waals surface area (Å²) in [4.78, 5) is 0.340. The van der Waals surface area contributed by atoms with E-state index in [0.717, 1.165) is 22.3 Å². The fraction of sp³-hybridized carbons (Fsp3) is 0.556. The van der Waals surface area contributed by atoms with Crippen LogP contribution in [0.25, 0.3) is 0 Å². The van der Waals surface area contributed by atoms with E-state index < -0.39 is 16.1 Å². The number of sulfonamides is 1. The van der Waals surface area contributed by atoms with Gasteiger partial charge in [-0.2, -0.15) is 0 Å². The molecule has 0 spiro atoms. The Morgan fingerprint density at radius 1 is 1.22 bits per heavy atom. The van der Waals surface area contributed by atoms with Crippen molar-refractivity contribution in [1.82, 2.24) is 4.72 Å². The number of aliphatic hydroxyl groups is 1. The Kier molecular flexibility index (Phi) is 6.18. The molecule has 1 rings (SSSR count). The molecule has 0 aliphatic rings. The molecular formula is C18H29NO3S. The van der Waals surface area contributed by atoms with Crippen LogP contribution in [0.5, 0.6) is 0 Å². The van der Waals surface area contributed by atoms with Gasteiger partial charge in [0.2, 0.25) is 10.0 Å². The second kappa shape index (κ2) is 7.16. The summed E-state index contributed by atoms with van der Waals surface area (Å²) in [5, 5.41) is 9.24. The summed E-state index contributed by atoms with van der Waals surface area (Å²) in [6, 6.07) is 3.35. The summed E-state index contributed by atoms with van der Waals surface area (Å²) >= 11 is 0. The molecule has 2 N–H and O–H groups in total. The maximum atomic E-state index is 12.9. The van der Waals surface area contributed by atoms with E-state index in [9.17, 15) is 13.5 Å². The first-order valence-corrected chi connectivity index (χ1v) is 9.25. The molecule has 4 nitrogen and oxygen atoms in total. The molecule has 23 heavy (non-hydrogen) atoms. The average molecular weight is 340 g/mol. The van der Waals surface area contributed by atoms with Crippen LogP contribution in [0.3, 0.4) is 0 Å². The zero-order valence-corrected chi connectivity index (χ0v) is 16.0. The fourth-order valence-corrected chi connectivity index (χ4v) is 4.45. The SMILES string of the molecule is C/C(=C\[C@@H](NS(=O)(=O)c1c(C)cc(C)cc1C)C(C)(C)C)CO. The van der Waals surface area contributed by atoms with Gasteiger partial charge in [0.1, 0.15) is 0 Å². The number of hydrogen-bond donors (Lipinski definition) is 2. The standard InChI is InChI=1S/C18H29NO3S/c1-12-8-14(3)17(15(4)9-12)23(21,22)19-16(18(5,6)7)10-13(2)11-20/h8-10,16,19-20H,11H2,1-7H3/b13-10+/t16-/m1/s1. The summed E-state index contributed by atoms with van der Waals surface area (Å²) in [5.74, 6) is 0. The van der Waals surface area contributed by atoms with E-state index in [1.54, 1.807) is 13.0 Å². The maximum Gasteiger partial charge on any atom is 0.241 e. The van der Waals surface area contributed by atoms with Crippen LogP contribution in [-0.4, -0.2) is 26.2 Å². The monoisotopic (exact) mass is 339 g/mol. The largest absolute Gasteiger partial charge is 0.392 e. The van der Waals surface area contributed by atoms with Crippen LogP contribution in [0.15, 0.2) is 28.7 Å². The van der Waals surface area contributed by atoms with E-state index >= 15 is 0 Å². The predicted molar refractivity (Wildman–Crippen MR) is 95.1 cm³/mol. The highest BCUT2D eigenvalue weighted by molar-refractivity contribution is 7.89. The highest BCUT2D eigenvalue weighted by Gasteiger charge is 2.29. The Morgan fingerprint density at radius 2 is 1.70 bits per heavy atom. The van der Waals surface area contributed by atoms with E-state index in [0.29, 0.717) is 4.90 Å². The third-order valence-corrected chi connectivity index (χ3v) is 5.53. The number of benzene rings is 1. The molecule has 1 aromatic carbocycles. The lowest BCUT2D eigenvalue weighted by Crippen LogP contribution is -2.43. The first kappa shape index (κ1) is 19.9. The molecule has 0 aliphatic heterocycles. The van der Waals surface area contributed by atoms with E-state index in [2.05, 4.69) is 4.72 Å². The van der Waals surface area contributed by atoms with E-state index in [1.807, 2.05) is 53.7 Å².